The van der Waals surface area contributed by atoms with Crippen LogP contribution in [0, 0.1) is 0 Å². The van der Waals surface area contributed by atoms with Gasteiger partial charge in [-0.15, -0.1) is 0 Å². The minimum atomic E-state index is -0.0951. The van der Waals surface area contributed by atoms with Crippen molar-refractivity contribution in [2.45, 2.75) is 57.9 Å². The predicted molar refractivity (Wildman–Crippen MR) is 135 cm³/mol. The van der Waals surface area contributed by atoms with Crippen LogP contribution in [0.2, 0.25) is 5.02 Å². The fourth-order valence-electron chi connectivity index (χ4n) is 5.12. The number of carbonyl (C=O) groups excluding carboxylic acids is 1. The van der Waals surface area contributed by atoms with Crippen LogP contribution in [0.15, 0.2) is 60.2 Å². The van der Waals surface area contributed by atoms with Crippen LogP contribution in [0.1, 0.15) is 42.7 Å². The topological polar surface area (TPSA) is 59.4 Å². The van der Waals surface area contributed by atoms with E-state index in [2.05, 4.69) is 42.3 Å². The van der Waals surface area contributed by atoms with Crippen LogP contribution in [-0.4, -0.2) is 51.9 Å². The Balaban J connectivity index is 1.30. The third kappa shape index (κ3) is 4.90. The molecule has 0 saturated carbocycles. The Hall–Kier alpha value is -2.67. The van der Waals surface area contributed by atoms with E-state index in [0.29, 0.717) is 25.5 Å². The van der Waals surface area contributed by atoms with Crippen molar-refractivity contribution in [2.75, 3.05) is 13.2 Å². The first-order valence-corrected chi connectivity index (χ1v) is 12.3. The lowest BCUT2D eigenvalue weighted by Gasteiger charge is -2.48. The highest BCUT2D eigenvalue weighted by Crippen LogP contribution is 2.30. The first kappa shape index (κ1) is 23.1. The maximum atomic E-state index is 13.3. The number of aromatic nitrogens is 2. The van der Waals surface area contributed by atoms with Crippen molar-refractivity contribution in [3.8, 4) is 0 Å². The standard InChI is InChI=1S/C27H31ClN4O2/c1-18(2)11-12-32-25-6-4-3-5-24(25)26(30-32)27(33)29-21-13-22-16-34-17-23(14-21)31(22)15-19-7-9-20(28)10-8-19/h3-11,21-23H,12-17H2,1-2H3,(H,29,33)/t21?,22-,23+. The quantitative estimate of drug-likeness (QED) is 0.516. The average molecular weight is 479 g/mol. The Kier molecular flexibility index (Phi) is 6.73. The normalized spacial score (nSPS) is 22.5. The molecule has 1 N–H and O–H groups in total. The number of benzene rings is 2. The molecule has 178 valence electrons. The second-order valence-electron chi connectivity index (χ2n) is 9.62. The molecule has 3 heterocycles. The van der Waals surface area contributed by atoms with Gasteiger partial charge in [0.1, 0.15) is 0 Å². The molecule has 1 amide bonds. The van der Waals surface area contributed by atoms with Gasteiger partial charge in [0.25, 0.3) is 5.91 Å². The minimum Gasteiger partial charge on any atom is -0.378 e. The molecule has 1 aromatic heterocycles. The van der Waals surface area contributed by atoms with Crippen LogP contribution in [0.5, 0.6) is 0 Å². The number of ether oxygens (including phenoxy) is 1. The highest BCUT2D eigenvalue weighted by atomic mass is 35.5. The van der Waals surface area contributed by atoms with E-state index < -0.39 is 0 Å². The summed E-state index contributed by atoms with van der Waals surface area (Å²) in [6, 6.07) is 16.7. The summed E-state index contributed by atoms with van der Waals surface area (Å²) >= 11 is 6.05. The molecule has 2 aliphatic rings. The van der Waals surface area contributed by atoms with E-state index in [4.69, 9.17) is 21.4 Å². The Bertz CT molecular complexity index is 1190. The molecule has 0 radical (unpaired) electrons. The third-order valence-electron chi connectivity index (χ3n) is 6.83. The van der Waals surface area contributed by atoms with E-state index in [9.17, 15) is 4.79 Å². The van der Waals surface area contributed by atoms with Crippen molar-refractivity contribution in [2.24, 2.45) is 0 Å². The lowest BCUT2D eigenvalue weighted by molar-refractivity contribution is -0.0843. The number of para-hydroxylation sites is 1. The number of halogens is 1. The van der Waals surface area contributed by atoms with Crippen molar-refractivity contribution in [3.63, 3.8) is 0 Å². The number of fused-ring (bicyclic) bond motifs is 3. The SMILES string of the molecule is CC(C)=CCn1nc(C(=O)NC2C[C@H]3COC[C@@H](C2)N3Cc2ccc(Cl)cc2)c2ccccc21. The number of carbonyl (C=O) groups is 1. The van der Waals surface area contributed by atoms with Gasteiger partial charge in [0.15, 0.2) is 5.69 Å². The van der Waals surface area contributed by atoms with Crippen molar-refractivity contribution in [1.82, 2.24) is 20.0 Å². The average Bonchev–Trinajstić information content (AvgIpc) is 3.18. The second kappa shape index (κ2) is 9.90. The molecule has 6 nitrogen and oxygen atoms in total. The highest BCUT2D eigenvalue weighted by Gasteiger charge is 2.39. The summed E-state index contributed by atoms with van der Waals surface area (Å²) in [6.07, 6.45) is 3.86. The summed E-state index contributed by atoms with van der Waals surface area (Å²) in [7, 11) is 0. The molecule has 2 fully saturated rings. The number of piperidine rings is 1. The lowest BCUT2D eigenvalue weighted by atomic mass is 9.89. The fraction of sp³-hybridized carbons (Fsp3) is 0.407. The molecule has 5 rings (SSSR count). The number of rotatable bonds is 6. The summed E-state index contributed by atoms with van der Waals surface area (Å²) in [5.74, 6) is -0.0951. The van der Waals surface area contributed by atoms with Crippen LogP contribution in [-0.2, 0) is 17.8 Å². The van der Waals surface area contributed by atoms with Gasteiger partial charge in [-0.2, -0.15) is 5.10 Å². The zero-order valence-electron chi connectivity index (χ0n) is 19.7. The molecule has 2 saturated heterocycles. The molecule has 2 aromatic carbocycles. The molecule has 1 unspecified atom stereocenters. The molecule has 3 atom stereocenters. The molecular formula is C27H31ClN4O2. The van der Waals surface area contributed by atoms with Gasteiger partial charge in [0, 0.05) is 35.1 Å². The first-order chi connectivity index (χ1) is 16.5. The van der Waals surface area contributed by atoms with Gasteiger partial charge >= 0.3 is 0 Å². The molecule has 7 heteroatoms. The zero-order valence-corrected chi connectivity index (χ0v) is 20.5. The zero-order chi connectivity index (χ0) is 23.7. The number of amides is 1. The number of hydrogen-bond acceptors (Lipinski definition) is 4. The number of nitrogens with zero attached hydrogens (tertiary/aromatic N) is 3. The fourth-order valence-corrected chi connectivity index (χ4v) is 5.25. The van der Waals surface area contributed by atoms with E-state index in [1.807, 2.05) is 41.1 Å². The van der Waals surface area contributed by atoms with E-state index in [1.54, 1.807) is 0 Å². The van der Waals surface area contributed by atoms with E-state index in [-0.39, 0.29) is 24.0 Å². The summed E-state index contributed by atoms with van der Waals surface area (Å²) in [5, 5.41) is 9.64. The molecule has 2 aliphatic heterocycles. The number of morpholine rings is 1. The Morgan fingerprint density at radius 3 is 2.53 bits per heavy atom. The van der Waals surface area contributed by atoms with Gasteiger partial charge in [0.2, 0.25) is 0 Å². The summed E-state index contributed by atoms with van der Waals surface area (Å²) < 4.78 is 7.78. The summed E-state index contributed by atoms with van der Waals surface area (Å²) in [6.45, 7) is 7.04. The molecule has 0 aliphatic carbocycles. The van der Waals surface area contributed by atoms with Gasteiger partial charge < -0.3 is 10.1 Å². The Labute approximate surface area is 205 Å². The van der Waals surface area contributed by atoms with Crippen LogP contribution in [0.4, 0.5) is 0 Å². The maximum Gasteiger partial charge on any atom is 0.272 e. The van der Waals surface area contributed by atoms with Gasteiger partial charge in [-0.1, -0.05) is 53.6 Å². The summed E-state index contributed by atoms with van der Waals surface area (Å²) in [4.78, 5) is 15.9. The molecular weight excluding hydrogens is 448 g/mol. The van der Waals surface area contributed by atoms with Gasteiger partial charge in [0.05, 0.1) is 25.3 Å². The Morgan fingerprint density at radius 1 is 1.12 bits per heavy atom. The van der Waals surface area contributed by atoms with Crippen molar-refractivity contribution >= 4 is 28.4 Å². The van der Waals surface area contributed by atoms with Crippen molar-refractivity contribution in [3.05, 3.63) is 76.5 Å². The third-order valence-corrected chi connectivity index (χ3v) is 7.08. The molecule has 34 heavy (non-hydrogen) atoms. The van der Waals surface area contributed by atoms with E-state index >= 15 is 0 Å². The molecule has 0 spiro atoms. The van der Waals surface area contributed by atoms with Crippen LogP contribution < -0.4 is 5.32 Å². The predicted octanol–water partition coefficient (Wildman–Crippen LogP) is 4.82. The Morgan fingerprint density at radius 2 is 1.82 bits per heavy atom. The highest BCUT2D eigenvalue weighted by molar-refractivity contribution is 6.30. The molecule has 2 bridgehead atoms. The maximum absolute atomic E-state index is 13.3. The van der Waals surface area contributed by atoms with Gasteiger partial charge in [-0.25, -0.2) is 0 Å². The van der Waals surface area contributed by atoms with Gasteiger partial charge in [-0.3, -0.25) is 14.4 Å². The number of hydrogen-bond donors (Lipinski definition) is 1. The van der Waals surface area contributed by atoms with Crippen LogP contribution >= 0.6 is 11.6 Å². The largest absolute Gasteiger partial charge is 0.378 e. The smallest absolute Gasteiger partial charge is 0.272 e. The monoisotopic (exact) mass is 478 g/mol. The van der Waals surface area contributed by atoms with Crippen LogP contribution in [0.3, 0.4) is 0 Å². The van der Waals surface area contributed by atoms with Crippen molar-refractivity contribution in [1.29, 1.82) is 0 Å². The lowest BCUT2D eigenvalue weighted by Crippen LogP contribution is -2.60. The van der Waals surface area contributed by atoms with E-state index in [1.165, 1.54) is 11.1 Å². The number of nitrogens with one attached hydrogen (secondary N) is 1. The van der Waals surface area contributed by atoms with E-state index in [0.717, 1.165) is 35.3 Å². The minimum absolute atomic E-state index is 0.0951. The number of allylic oxidation sites excluding steroid dienone is 2. The van der Waals surface area contributed by atoms with Crippen LogP contribution in [0.25, 0.3) is 10.9 Å². The second-order valence-corrected chi connectivity index (χ2v) is 10.1. The molecule has 3 aromatic rings. The van der Waals surface area contributed by atoms with Gasteiger partial charge in [-0.05, 0) is 50.5 Å². The van der Waals surface area contributed by atoms with Crippen molar-refractivity contribution < 1.29 is 9.53 Å². The summed E-state index contributed by atoms with van der Waals surface area (Å²) in [5.41, 5.74) is 3.96. The first-order valence-electron chi connectivity index (χ1n) is 12.0.